The third-order valence-corrected chi connectivity index (χ3v) is 2.89. The molecule has 0 saturated carbocycles. The van der Waals surface area contributed by atoms with Gasteiger partial charge in [0, 0.05) is 17.9 Å². The van der Waals surface area contributed by atoms with Crippen molar-refractivity contribution in [3.8, 4) is 0 Å². The maximum Gasteiger partial charge on any atom is 0.421 e. The van der Waals surface area contributed by atoms with Crippen LogP contribution in [0, 0.1) is 0 Å². The minimum Gasteiger partial charge on any atom is -0.376 e. The van der Waals surface area contributed by atoms with E-state index in [1.54, 1.807) is 0 Å². The van der Waals surface area contributed by atoms with E-state index in [4.69, 9.17) is 11.6 Å². The van der Waals surface area contributed by atoms with E-state index in [2.05, 4.69) is 0 Å². The van der Waals surface area contributed by atoms with E-state index in [1.807, 2.05) is 0 Å². The summed E-state index contributed by atoms with van der Waals surface area (Å²) >= 11 is 5.58. The number of hydrogen-bond donors (Lipinski definition) is 1. The molecule has 1 aromatic rings. The van der Waals surface area contributed by atoms with Crippen molar-refractivity contribution in [1.29, 1.82) is 0 Å². The Balaban J connectivity index is 3.20. The van der Waals surface area contributed by atoms with Crippen molar-refractivity contribution >= 4 is 17.4 Å². The van der Waals surface area contributed by atoms with Gasteiger partial charge in [0.05, 0.1) is 0 Å². The monoisotopic (exact) mass is 280 g/mol. The Morgan fingerprint density at radius 1 is 1.28 bits per heavy atom. The molecule has 0 saturated heterocycles. The molecule has 0 bridgehead atoms. The van der Waals surface area contributed by atoms with E-state index in [0.29, 0.717) is 0 Å². The average molecular weight is 281 g/mol. The number of hydrogen-bond acceptors (Lipinski definition) is 2. The van der Waals surface area contributed by atoms with Crippen LogP contribution >= 0.6 is 11.6 Å². The molecule has 18 heavy (non-hydrogen) atoms. The SMILES string of the molecule is CCC(=O)C[C@@](O)(c1ccc(Cl)cc1)C(F)(F)F. The summed E-state index contributed by atoms with van der Waals surface area (Å²) in [5.74, 6) is -0.662. The van der Waals surface area contributed by atoms with Crippen LogP contribution in [0.1, 0.15) is 25.3 Å². The molecule has 0 spiro atoms. The standard InChI is InChI=1S/C12H12ClF3O2/c1-2-10(17)7-11(18,12(14,15)16)8-3-5-9(13)6-4-8/h3-6,18H,2,7H2,1H3/t11-/m1/s1. The maximum absolute atomic E-state index is 13.0. The van der Waals surface area contributed by atoms with Gasteiger partial charge in [-0.2, -0.15) is 13.2 Å². The van der Waals surface area contributed by atoms with Crippen molar-refractivity contribution in [2.45, 2.75) is 31.5 Å². The molecule has 1 aromatic carbocycles. The number of carbonyl (C=O) groups is 1. The summed E-state index contributed by atoms with van der Waals surface area (Å²) in [7, 11) is 0. The molecular formula is C12H12ClF3O2. The van der Waals surface area contributed by atoms with Crippen molar-refractivity contribution in [1.82, 2.24) is 0 Å². The van der Waals surface area contributed by atoms with Crippen molar-refractivity contribution in [3.05, 3.63) is 34.9 Å². The Labute approximate surface area is 107 Å². The summed E-state index contributed by atoms with van der Waals surface area (Å²) in [6.07, 6.45) is -5.98. The molecule has 1 rings (SSSR count). The Bertz CT molecular complexity index is 428. The zero-order valence-electron chi connectivity index (χ0n) is 9.59. The van der Waals surface area contributed by atoms with Crippen LogP contribution in [-0.4, -0.2) is 17.1 Å². The summed E-state index contributed by atoms with van der Waals surface area (Å²) in [6, 6.07) is 4.62. The van der Waals surface area contributed by atoms with E-state index in [1.165, 1.54) is 19.1 Å². The van der Waals surface area contributed by atoms with Gasteiger partial charge in [-0.15, -0.1) is 0 Å². The molecule has 6 heteroatoms. The highest BCUT2D eigenvalue weighted by Gasteiger charge is 2.55. The van der Waals surface area contributed by atoms with Crippen molar-refractivity contribution < 1.29 is 23.1 Å². The highest BCUT2D eigenvalue weighted by Crippen LogP contribution is 2.42. The molecule has 0 aliphatic heterocycles. The first kappa shape index (κ1) is 15.0. The topological polar surface area (TPSA) is 37.3 Å². The van der Waals surface area contributed by atoms with Gasteiger partial charge in [0.15, 0.2) is 5.60 Å². The van der Waals surface area contributed by atoms with Crippen LogP contribution in [0.4, 0.5) is 13.2 Å². The summed E-state index contributed by atoms with van der Waals surface area (Å²) in [5.41, 5.74) is -3.55. The Kier molecular flexibility index (Phi) is 4.40. The molecule has 0 fully saturated rings. The second-order valence-corrected chi connectivity index (χ2v) is 4.37. The molecule has 0 radical (unpaired) electrons. The predicted octanol–water partition coefficient (Wildman–Crippen LogP) is 3.46. The van der Waals surface area contributed by atoms with Crippen LogP contribution in [0.5, 0.6) is 0 Å². The predicted molar refractivity (Wildman–Crippen MR) is 61.3 cm³/mol. The maximum atomic E-state index is 13.0. The highest BCUT2D eigenvalue weighted by molar-refractivity contribution is 6.30. The molecule has 1 atom stereocenters. The number of aliphatic hydroxyl groups is 1. The molecule has 0 aromatic heterocycles. The van der Waals surface area contributed by atoms with Crippen LogP contribution < -0.4 is 0 Å². The van der Waals surface area contributed by atoms with Crippen LogP contribution in [0.2, 0.25) is 5.02 Å². The van der Waals surface area contributed by atoms with E-state index < -0.39 is 24.0 Å². The molecule has 0 heterocycles. The lowest BCUT2D eigenvalue weighted by Gasteiger charge is -2.30. The fourth-order valence-electron chi connectivity index (χ4n) is 1.50. The zero-order valence-corrected chi connectivity index (χ0v) is 10.3. The lowest BCUT2D eigenvalue weighted by molar-refractivity contribution is -0.267. The fourth-order valence-corrected chi connectivity index (χ4v) is 1.63. The van der Waals surface area contributed by atoms with Gasteiger partial charge < -0.3 is 5.11 Å². The summed E-state index contributed by atoms with van der Waals surface area (Å²) in [4.78, 5) is 11.2. The number of carbonyl (C=O) groups excluding carboxylic acids is 1. The van der Waals surface area contributed by atoms with Crippen LogP contribution in [0.15, 0.2) is 24.3 Å². The van der Waals surface area contributed by atoms with E-state index in [0.717, 1.165) is 12.1 Å². The first-order valence-corrected chi connectivity index (χ1v) is 5.65. The third kappa shape index (κ3) is 3.03. The Morgan fingerprint density at radius 2 is 1.78 bits per heavy atom. The minimum atomic E-state index is -4.92. The number of halogens is 4. The summed E-state index contributed by atoms with van der Waals surface area (Å²) in [5, 5.41) is 10.1. The summed E-state index contributed by atoms with van der Waals surface area (Å²) < 4.78 is 38.9. The number of alkyl halides is 3. The fraction of sp³-hybridized carbons (Fsp3) is 0.417. The third-order valence-electron chi connectivity index (χ3n) is 2.64. The van der Waals surface area contributed by atoms with Gasteiger partial charge in [0.2, 0.25) is 0 Å². The van der Waals surface area contributed by atoms with E-state index in [-0.39, 0.29) is 17.0 Å². The Hall–Kier alpha value is -1.07. The molecule has 1 N–H and O–H groups in total. The lowest BCUT2D eigenvalue weighted by atomic mass is 9.87. The zero-order chi connectivity index (χ0) is 14.0. The highest BCUT2D eigenvalue weighted by atomic mass is 35.5. The molecule has 0 aliphatic carbocycles. The molecule has 100 valence electrons. The van der Waals surface area contributed by atoms with Crippen LogP contribution in [0.25, 0.3) is 0 Å². The Morgan fingerprint density at radius 3 is 2.17 bits per heavy atom. The van der Waals surface area contributed by atoms with Gasteiger partial charge in [-0.3, -0.25) is 4.79 Å². The normalized spacial score (nSPS) is 15.2. The second kappa shape index (κ2) is 5.28. The van der Waals surface area contributed by atoms with E-state index in [9.17, 15) is 23.1 Å². The first-order chi connectivity index (χ1) is 8.20. The molecule has 0 amide bonds. The van der Waals surface area contributed by atoms with E-state index >= 15 is 0 Å². The van der Waals surface area contributed by atoms with Crippen molar-refractivity contribution in [3.63, 3.8) is 0 Å². The van der Waals surface area contributed by atoms with Crippen molar-refractivity contribution in [2.24, 2.45) is 0 Å². The molecule has 0 aliphatic rings. The number of ketones is 1. The smallest absolute Gasteiger partial charge is 0.376 e. The van der Waals surface area contributed by atoms with Gasteiger partial charge in [-0.25, -0.2) is 0 Å². The second-order valence-electron chi connectivity index (χ2n) is 3.93. The van der Waals surface area contributed by atoms with Crippen molar-refractivity contribution in [2.75, 3.05) is 0 Å². The van der Waals surface area contributed by atoms with Gasteiger partial charge in [0.25, 0.3) is 0 Å². The van der Waals surface area contributed by atoms with Gasteiger partial charge in [-0.1, -0.05) is 30.7 Å². The average Bonchev–Trinajstić information content (AvgIpc) is 2.28. The number of Topliss-reactive ketones (excluding diaryl/α,β-unsaturated/α-hetero) is 1. The minimum absolute atomic E-state index is 0.0635. The molecule has 2 nitrogen and oxygen atoms in total. The molecule has 0 unspecified atom stereocenters. The summed E-state index contributed by atoms with van der Waals surface area (Å²) in [6.45, 7) is 1.45. The first-order valence-electron chi connectivity index (χ1n) is 5.27. The van der Waals surface area contributed by atoms with Crippen LogP contribution in [-0.2, 0) is 10.4 Å². The number of rotatable bonds is 4. The van der Waals surface area contributed by atoms with Gasteiger partial charge in [0.1, 0.15) is 5.78 Å². The van der Waals surface area contributed by atoms with Gasteiger partial charge in [-0.05, 0) is 17.7 Å². The quantitative estimate of drug-likeness (QED) is 0.917. The van der Waals surface area contributed by atoms with Crippen LogP contribution in [0.3, 0.4) is 0 Å². The largest absolute Gasteiger partial charge is 0.421 e. The molecular weight excluding hydrogens is 269 g/mol. The number of benzene rings is 1. The lowest BCUT2D eigenvalue weighted by Crippen LogP contribution is -2.44. The van der Waals surface area contributed by atoms with Gasteiger partial charge >= 0.3 is 6.18 Å².